The summed E-state index contributed by atoms with van der Waals surface area (Å²) in [6.07, 6.45) is -30.7. The monoisotopic (exact) mass is 1420 g/mol. The summed E-state index contributed by atoms with van der Waals surface area (Å²) in [5, 5.41) is 0. The maximum Gasteiger partial charge on any atom is 0.303 e. The van der Waals surface area contributed by atoms with Crippen molar-refractivity contribution in [2.75, 3.05) is 19.8 Å². The summed E-state index contributed by atoms with van der Waals surface area (Å²) in [5.74, 6) is -8.90. The Labute approximate surface area is 589 Å². The number of rotatable bonds is 35. The third-order valence-electron chi connectivity index (χ3n) is 15.8. The summed E-state index contributed by atoms with van der Waals surface area (Å²) < 4.78 is 120. The lowest BCUT2D eigenvalue weighted by atomic mass is 9.93. The van der Waals surface area contributed by atoms with Gasteiger partial charge >= 0.3 is 53.7 Å². The third kappa shape index (κ3) is 24.0. The van der Waals surface area contributed by atoms with Crippen molar-refractivity contribution in [3.8, 4) is 0 Å². The van der Waals surface area contributed by atoms with Crippen LogP contribution in [0.4, 0.5) is 0 Å². The molecule has 0 saturated carbocycles. The van der Waals surface area contributed by atoms with Crippen molar-refractivity contribution in [1.82, 2.24) is 0 Å². The molecule has 0 spiro atoms. The van der Waals surface area contributed by atoms with Crippen LogP contribution in [0.25, 0.3) is 0 Å². The molecule has 3 aliphatic rings. The molecule has 0 N–H and O–H groups in total. The van der Waals surface area contributed by atoms with Gasteiger partial charge in [-0.3, -0.25) is 43.2 Å². The minimum Gasteiger partial charge on any atom is -0.462 e. The van der Waals surface area contributed by atoms with Gasteiger partial charge in [0, 0.05) is 62.3 Å². The van der Waals surface area contributed by atoms with E-state index >= 15 is 0 Å². The first kappa shape index (κ1) is 78.6. The van der Waals surface area contributed by atoms with Crippen molar-refractivity contribution in [2.24, 2.45) is 0 Å². The van der Waals surface area contributed by atoms with Gasteiger partial charge in [0.25, 0.3) is 0 Å². The number of ether oxygens (including phenoxy) is 19. The fourth-order valence-electron chi connectivity index (χ4n) is 11.8. The number of benzene rings is 5. The van der Waals surface area contributed by atoms with Crippen molar-refractivity contribution >= 4 is 53.7 Å². The third-order valence-corrected chi connectivity index (χ3v) is 15.8. The molecule has 3 saturated heterocycles. The van der Waals surface area contributed by atoms with E-state index in [1.165, 1.54) is 0 Å². The highest BCUT2D eigenvalue weighted by atomic mass is 16.8. The Hall–Kier alpha value is -9.07. The Balaban J connectivity index is 1.29. The van der Waals surface area contributed by atoms with Gasteiger partial charge in [-0.05, 0) is 27.8 Å². The van der Waals surface area contributed by atoms with Gasteiger partial charge in [-0.2, -0.15) is 0 Å². The molecule has 3 fully saturated rings. The van der Waals surface area contributed by atoms with Gasteiger partial charge < -0.3 is 90.0 Å². The van der Waals surface area contributed by atoms with Gasteiger partial charge in [-0.15, -0.1) is 0 Å². The Bertz CT molecular complexity index is 3490. The molecule has 550 valence electrons. The zero-order valence-electron chi connectivity index (χ0n) is 57.9. The highest BCUT2D eigenvalue weighted by Crippen LogP contribution is 2.40. The number of hydrogen-bond acceptors (Lipinski definition) is 28. The molecule has 3 heterocycles. The molecule has 8 rings (SSSR count). The van der Waals surface area contributed by atoms with Crippen LogP contribution in [0.3, 0.4) is 0 Å². The minimum atomic E-state index is -2.04. The first-order valence-electron chi connectivity index (χ1n) is 33.0. The molecular weight excluding hydrogens is 1340 g/mol. The quantitative estimate of drug-likeness (QED) is 0.0298. The van der Waals surface area contributed by atoms with Crippen LogP contribution in [0.2, 0.25) is 0 Å². The van der Waals surface area contributed by atoms with Gasteiger partial charge in [0.05, 0.1) is 46.2 Å². The molecule has 28 heteroatoms. The second-order valence-electron chi connectivity index (χ2n) is 24.0. The summed E-state index contributed by atoms with van der Waals surface area (Å²) >= 11 is 0. The van der Waals surface area contributed by atoms with Crippen LogP contribution in [-0.4, -0.2) is 184 Å². The van der Waals surface area contributed by atoms with Crippen LogP contribution < -0.4 is 0 Å². The highest BCUT2D eigenvalue weighted by Gasteiger charge is 2.61. The summed E-state index contributed by atoms with van der Waals surface area (Å²) in [5.41, 5.74) is 3.80. The topological polar surface area (TPSA) is 329 Å². The average Bonchev–Trinajstić information content (AvgIpc) is 1.35. The number of carbonyl (C=O) groups is 9. The van der Waals surface area contributed by atoms with Gasteiger partial charge in [0.15, 0.2) is 67.7 Å². The first-order chi connectivity index (χ1) is 49.0. The van der Waals surface area contributed by atoms with Gasteiger partial charge in [0.2, 0.25) is 0 Å². The first-order valence-corrected chi connectivity index (χ1v) is 33.0. The molecule has 3 aliphatic heterocycles. The van der Waals surface area contributed by atoms with Crippen molar-refractivity contribution in [3.63, 3.8) is 0 Å². The second kappa shape index (κ2) is 39.4. The maximum absolute atomic E-state index is 13.7. The Morgan fingerprint density at radius 3 is 1.10 bits per heavy atom. The molecule has 0 aliphatic carbocycles. The Morgan fingerprint density at radius 2 is 0.667 bits per heavy atom. The number of esters is 9. The van der Waals surface area contributed by atoms with E-state index in [4.69, 9.17) is 90.0 Å². The largest absolute Gasteiger partial charge is 0.462 e. The summed E-state index contributed by atoms with van der Waals surface area (Å²) in [6, 6.07) is 46.4. The van der Waals surface area contributed by atoms with Crippen LogP contribution >= 0.6 is 0 Å². The molecule has 0 unspecified atom stereocenters. The summed E-state index contributed by atoms with van der Waals surface area (Å²) in [6.45, 7) is 7.21. The minimum absolute atomic E-state index is 0.0289. The summed E-state index contributed by atoms with van der Waals surface area (Å²) in [4.78, 5) is 119. The van der Waals surface area contributed by atoms with E-state index in [1.807, 2.05) is 152 Å². The molecular formula is C74H86O28. The fraction of sp³-hybridized carbons (Fsp3) is 0.473. The zero-order chi connectivity index (χ0) is 73.2. The number of carbonyl (C=O) groups excluding carboxylic acids is 9. The lowest BCUT2D eigenvalue weighted by Gasteiger charge is -2.48. The van der Waals surface area contributed by atoms with Gasteiger partial charge in [-0.25, -0.2) is 0 Å². The molecule has 102 heavy (non-hydrogen) atoms. The van der Waals surface area contributed by atoms with Crippen molar-refractivity contribution in [3.05, 3.63) is 179 Å². The van der Waals surface area contributed by atoms with E-state index in [-0.39, 0.29) is 39.6 Å². The van der Waals surface area contributed by atoms with Crippen molar-refractivity contribution in [1.29, 1.82) is 0 Å². The molecule has 0 aromatic heterocycles. The predicted octanol–water partition coefficient (Wildman–Crippen LogP) is 6.77. The second-order valence-corrected chi connectivity index (χ2v) is 24.0. The van der Waals surface area contributed by atoms with Crippen LogP contribution in [0, 0.1) is 0 Å². The van der Waals surface area contributed by atoms with E-state index in [2.05, 4.69) is 0 Å². The molecule has 0 radical (unpaired) electrons. The maximum atomic E-state index is 13.7. The SMILES string of the molecule is CC(=O)OC[C@H](OC(C)=O)[C@H]1O[C@H](OC[C@H](OC(C)=O)[C@H]2O[C@H](O[C@H]3[C@@H]([C@H](OCc4ccccc4)[C@H](COCc4ccccc4)OCc4ccccc4)O[C@H](OCc4ccccc4)[C@H]3OCc3ccccc3)[C@@H](OC(C)=O)[C@@H](OC(C)=O)[C@@H]2OC(C)=O)[C@@H](OC(C)=O)[C@@H](OC(C)=O)[C@@H]1OC(C)=O. The van der Waals surface area contributed by atoms with Crippen molar-refractivity contribution < 1.29 is 133 Å². The fourth-order valence-corrected chi connectivity index (χ4v) is 11.8. The van der Waals surface area contributed by atoms with Crippen LogP contribution in [0.1, 0.15) is 90.1 Å². The predicted molar refractivity (Wildman–Crippen MR) is 350 cm³/mol. The van der Waals surface area contributed by atoms with E-state index in [0.717, 1.165) is 84.6 Å². The van der Waals surface area contributed by atoms with E-state index in [9.17, 15) is 43.2 Å². The lowest BCUT2D eigenvalue weighted by molar-refractivity contribution is -0.343. The Morgan fingerprint density at radius 1 is 0.314 bits per heavy atom. The van der Waals surface area contributed by atoms with Gasteiger partial charge in [-0.1, -0.05) is 152 Å². The highest BCUT2D eigenvalue weighted by molar-refractivity contribution is 5.70. The zero-order valence-corrected chi connectivity index (χ0v) is 57.9. The lowest BCUT2D eigenvalue weighted by Crippen LogP contribution is -2.67. The number of hydrogen-bond donors (Lipinski definition) is 0. The molecule has 5 aromatic carbocycles. The van der Waals surface area contributed by atoms with Crippen LogP contribution in [0.15, 0.2) is 152 Å². The molecule has 18 atom stereocenters. The molecule has 0 amide bonds. The molecule has 0 bridgehead atoms. The van der Waals surface area contributed by atoms with E-state index < -0.39 is 177 Å². The summed E-state index contributed by atoms with van der Waals surface area (Å²) in [7, 11) is 0. The Kier molecular flexibility index (Phi) is 30.4. The molecule has 28 nitrogen and oxygen atoms in total. The molecule has 5 aromatic rings. The van der Waals surface area contributed by atoms with E-state index in [1.54, 1.807) is 0 Å². The van der Waals surface area contributed by atoms with E-state index in [0.29, 0.717) is 5.56 Å². The van der Waals surface area contributed by atoms with Crippen LogP contribution in [-0.2, 0) is 166 Å². The average molecular weight is 1420 g/mol. The van der Waals surface area contributed by atoms with Crippen LogP contribution in [0.5, 0.6) is 0 Å². The smallest absolute Gasteiger partial charge is 0.303 e. The van der Waals surface area contributed by atoms with Gasteiger partial charge in [0.1, 0.15) is 49.3 Å². The van der Waals surface area contributed by atoms with Crippen molar-refractivity contribution in [2.45, 2.75) is 206 Å². The normalized spacial score (nSPS) is 25.0. The standard InChI is InChI=1S/C74H86O28/c1-43(75)85-41-58(91-44(2)76)61-64(93-46(4)78)67(95-48(6)80)70(97-50(8)82)73(99-61)90-42-59(92-45(3)77)62-65(94-47(5)79)68(96-49(7)81)71(98-51(9)83)74(100-62)102-66-63(101-72(89-39-56-33-23-14-24-34-56)69(66)88-38-55-31-21-13-22-32-55)60(87-37-54-29-19-12-20-30-54)57(86-36-53-27-17-11-18-28-53)40-84-35-52-25-15-10-16-26-52/h10-34,57-74H,35-42H2,1-9H3/t57-,58-,59-,60+,61+,62+,63+,64+,65+,66-,67-,68-,69-,70-,71-,72-,73-,74+/m0/s1.